The first-order chi connectivity index (χ1) is 11.8. The summed E-state index contributed by atoms with van der Waals surface area (Å²) in [5, 5.41) is 11.4. The van der Waals surface area contributed by atoms with Crippen LogP contribution in [0.2, 0.25) is 0 Å². The summed E-state index contributed by atoms with van der Waals surface area (Å²) in [5.41, 5.74) is 2.05. The molecule has 0 spiro atoms. The second-order valence-electron chi connectivity index (χ2n) is 5.14. The number of ether oxygens (including phenoxy) is 1. The van der Waals surface area contributed by atoms with Gasteiger partial charge in [0.2, 0.25) is 0 Å². The molecule has 2 heterocycles. The number of anilines is 2. The third kappa shape index (κ3) is 2.63. The molecule has 0 saturated heterocycles. The fraction of sp³-hybridized carbons (Fsp3) is 0.0588. The van der Waals surface area contributed by atoms with Crippen LogP contribution in [0.3, 0.4) is 0 Å². The van der Waals surface area contributed by atoms with Gasteiger partial charge in [0.05, 0.1) is 5.69 Å². The van der Waals surface area contributed by atoms with E-state index in [4.69, 9.17) is 4.74 Å². The maximum Gasteiger partial charge on any atom is 0.183 e. The third-order valence-corrected chi connectivity index (χ3v) is 3.50. The van der Waals surface area contributed by atoms with Gasteiger partial charge in [0, 0.05) is 7.05 Å². The lowest BCUT2D eigenvalue weighted by atomic mass is 10.2. The second-order valence-corrected chi connectivity index (χ2v) is 5.14. The summed E-state index contributed by atoms with van der Waals surface area (Å²) < 4.78 is 7.56. The second kappa shape index (κ2) is 5.96. The zero-order chi connectivity index (χ0) is 16.4. The molecule has 118 valence electrons. The van der Waals surface area contributed by atoms with Crippen molar-refractivity contribution >= 4 is 22.7 Å². The average molecular weight is 318 g/mol. The number of aromatic nitrogens is 5. The number of nitrogens with zero attached hydrogens (tertiary/aromatic N) is 5. The lowest BCUT2D eigenvalue weighted by molar-refractivity contribution is 0.485. The van der Waals surface area contributed by atoms with E-state index >= 15 is 0 Å². The normalized spacial score (nSPS) is 10.7. The molecule has 4 rings (SSSR count). The van der Waals surface area contributed by atoms with Crippen molar-refractivity contribution in [3.63, 3.8) is 0 Å². The Balaban J connectivity index is 1.69. The Kier molecular flexibility index (Phi) is 3.51. The van der Waals surface area contributed by atoms with Crippen molar-refractivity contribution in [3.8, 4) is 11.5 Å². The molecule has 0 amide bonds. The van der Waals surface area contributed by atoms with Crippen molar-refractivity contribution < 1.29 is 4.74 Å². The number of hydrogen-bond acceptors (Lipinski definition) is 6. The summed E-state index contributed by atoms with van der Waals surface area (Å²) >= 11 is 0. The number of fused-ring (bicyclic) bond motifs is 1. The number of benzene rings is 2. The highest BCUT2D eigenvalue weighted by atomic mass is 16.5. The van der Waals surface area contributed by atoms with Crippen LogP contribution in [0.1, 0.15) is 0 Å². The van der Waals surface area contributed by atoms with Gasteiger partial charge in [-0.3, -0.25) is 0 Å². The zero-order valence-corrected chi connectivity index (χ0v) is 12.9. The van der Waals surface area contributed by atoms with Gasteiger partial charge >= 0.3 is 0 Å². The summed E-state index contributed by atoms with van der Waals surface area (Å²) in [6.45, 7) is 0. The topological polar surface area (TPSA) is 77.8 Å². The lowest BCUT2D eigenvalue weighted by Crippen LogP contribution is -1.99. The van der Waals surface area contributed by atoms with E-state index in [0.29, 0.717) is 22.7 Å². The number of rotatable bonds is 4. The summed E-state index contributed by atoms with van der Waals surface area (Å²) in [5.74, 6) is 2.04. The zero-order valence-electron chi connectivity index (χ0n) is 12.9. The van der Waals surface area contributed by atoms with Crippen LogP contribution in [0, 0.1) is 0 Å². The van der Waals surface area contributed by atoms with E-state index in [9.17, 15) is 0 Å². The Hall–Kier alpha value is -3.48. The van der Waals surface area contributed by atoms with Gasteiger partial charge in [0.25, 0.3) is 0 Å². The Labute approximate surface area is 137 Å². The molecule has 2 aromatic heterocycles. The van der Waals surface area contributed by atoms with E-state index in [1.807, 2.05) is 54.6 Å². The van der Waals surface area contributed by atoms with Gasteiger partial charge < -0.3 is 10.1 Å². The highest BCUT2D eigenvalue weighted by Crippen LogP contribution is 2.32. The van der Waals surface area contributed by atoms with Gasteiger partial charge in [0.15, 0.2) is 22.7 Å². The van der Waals surface area contributed by atoms with Crippen molar-refractivity contribution in [1.29, 1.82) is 0 Å². The Morgan fingerprint density at radius 2 is 1.75 bits per heavy atom. The van der Waals surface area contributed by atoms with E-state index in [1.54, 1.807) is 11.7 Å². The van der Waals surface area contributed by atoms with Crippen molar-refractivity contribution in [1.82, 2.24) is 25.0 Å². The molecule has 0 saturated carbocycles. The summed E-state index contributed by atoms with van der Waals surface area (Å²) in [7, 11) is 1.79. The largest absolute Gasteiger partial charge is 0.455 e. The number of hydrogen-bond donors (Lipinski definition) is 1. The van der Waals surface area contributed by atoms with Gasteiger partial charge in [-0.2, -0.15) is 0 Å². The molecule has 2 aromatic carbocycles. The minimum atomic E-state index is 0.581. The molecule has 0 radical (unpaired) electrons. The van der Waals surface area contributed by atoms with E-state index in [0.717, 1.165) is 11.4 Å². The number of para-hydroxylation sites is 3. The molecule has 0 atom stereocenters. The summed E-state index contributed by atoms with van der Waals surface area (Å²) in [6, 6.07) is 17.3. The van der Waals surface area contributed by atoms with E-state index in [-0.39, 0.29) is 0 Å². The minimum absolute atomic E-state index is 0.581. The van der Waals surface area contributed by atoms with E-state index in [1.165, 1.54) is 6.33 Å². The highest BCUT2D eigenvalue weighted by Gasteiger charge is 2.12. The fourth-order valence-corrected chi connectivity index (χ4v) is 2.35. The number of aryl methyl sites for hydroxylation is 1. The SMILES string of the molecule is Cn1nnc2c(Nc3ccccc3Oc3ccccc3)ncnc21. The number of nitrogens with one attached hydrogen (secondary N) is 1. The van der Waals surface area contributed by atoms with Gasteiger partial charge in [0.1, 0.15) is 12.1 Å². The molecule has 7 heteroatoms. The van der Waals surface area contributed by atoms with Crippen LogP contribution >= 0.6 is 0 Å². The van der Waals surface area contributed by atoms with Gasteiger partial charge in [-0.25, -0.2) is 14.6 Å². The van der Waals surface area contributed by atoms with Crippen LogP contribution in [0.5, 0.6) is 11.5 Å². The molecule has 7 nitrogen and oxygen atoms in total. The first-order valence-electron chi connectivity index (χ1n) is 7.40. The van der Waals surface area contributed by atoms with Crippen molar-refractivity contribution in [2.45, 2.75) is 0 Å². The Morgan fingerprint density at radius 3 is 2.62 bits per heavy atom. The Bertz CT molecular complexity index is 983. The highest BCUT2D eigenvalue weighted by molar-refractivity contribution is 5.85. The van der Waals surface area contributed by atoms with E-state index < -0.39 is 0 Å². The molecule has 24 heavy (non-hydrogen) atoms. The summed E-state index contributed by atoms with van der Waals surface area (Å²) in [4.78, 5) is 8.46. The van der Waals surface area contributed by atoms with Crippen LogP contribution in [-0.4, -0.2) is 25.0 Å². The molecular weight excluding hydrogens is 304 g/mol. The van der Waals surface area contributed by atoms with Crippen LogP contribution in [0.25, 0.3) is 11.2 Å². The fourth-order valence-electron chi connectivity index (χ4n) is 2.35. The Morgan fingerprint density at radius 1 is 0.958 bits per heavy atom. The standard InChI is InChI=1S/C17H14N6O/c1-23-17-15(21-22-23)16(18-11-19-17)20-13-9-5-6-10-14(13)24-12-7-3-2-4-8-12/h2-11H,1H3,(H,18,19,20). The first kappa shape index (κ1) is 14.1. The van der Waals surface area contributed by atoms with Crippen molar-refractivity contribution in [3.05, 3.63) is 60.9 Å². The van der Waals surface area contributed by atoms with Crippen molar-refractivity contribution in [2.24, 2.45) is 7.05 Å². The quantitative estimate of drug-likeness (QED) is 0.622. The molecule has 0 fully saturated rings. The van der Waals surface area contributed by atoms with Crippen LogP contribution in [0.4, 0.5) is 11.5 Å². The molecule has 0 aliphatic rings. The van der Waals surface area contributed by atoms with Crippen LogP contribution in [-0.2, 0) is 7.05 Å². The monoisotopic (exact) mass is 318 g/mol. The maximum atomic E-state index is 5.95. The van der Waals surface area contributed by atoms with Gasteiger partial charge in [-0.15, -0.1) is 5.10 Å². The predicted octanol–water partition coefficient (Wildman–Crippen LogP) is 3.29. The predicted molar refractivity (Wildman–Crippen MR) is 90.3 cm³/mol. The average Bonchev–Trinajstić information content (AvgIpc) is 3.00. The smallest absolute Gasteiger partial charge is 0.183 e. The van der Waals surface area contributed by atoms with E-state index in [2.05, 4.69) is 25.6 Å². The van der Waals surface area contributed by atoms with Gasteiger partial charge in [-0.1, -0.05) is 35.5 Å². The van der Waals surface area contributed by atoms with Gasteiger partial charge in [-0.05, 0) is 24.3 Å². The molecule has 1 N–H and O–H groups in total. The molecular formula is C17H14N6O. The van der Waals surface area contributed by atoms with Crippen molar-refractivity contribution in [2.75, 3.05) is 5.32 Å². The van der Waals surface area contributed by atoms with Crippen LogP contribution in [0.15, 0.2) is 60.9 Å². The maximum absolute atomic E-state index is 5.95. The third-order valence-electron chi connectivity index (χ3n) is 3.50. The molecule has 0 bridgehead atoms. The molecule has 0 unspecified atom stereocenters. The molecule has 0 aliphatic heterocycles. The first-order valence-corrected chi connectivity index (χ1v) is 7.40. The molecule has 0 aliphatic carbocycles. The lowest BCUT2D eigenvalue weighted by Gasteiger charge is -2.12. The molecule has 4 aromatic rings. The summed E-state index contributed by atoms with van der Waals surface area (Å²) in [6.07, 6.45) is 1.48. The van der Waals surface area contributed by atoms with Crippen LogP contribution < -0.4 is 10.1 Å². The minimum Gasteiger partial charge on any atom is -0.455 e.